The van der Waals surface area contributed by atoms with E-state index in [-0.39, 0.29) is 55.7 Å². The number of likely N-dealkylation sites (tertiary alicyclic amines) is 1. The SMILES string of the molecule is CCC(C)C(C(CC(=O)N1CCCC1C(OC)C(C)C(=O)NC(C)C(O)c1ccccc1)OC)N(C)C(=O)CNC(=O)C(C(C)C)N(C)C(=O)OCc1ccc(NC(=O)CNC(=O)C(N)C(C)C)cc1. The van der Waals surface area contributed by atoms with Crippen molar-refractivity contribution in [2.75, 3.05) is 53.3 Å². The first-order valence-corrected chi connectivity index (χ1v) is 24.3. The molecule has 1 aliphatic heterocycles. The molecule has 10 atom stereocenters. The molecule has 10 unspecified atom stereocenters. The number of rotatable bonds is 26. The van der Waals surface area contributed by atoms with Gasteiger partial charge in [-0.3, -0.25) is 33.7 Å². The number of ether oxygens (including phenoxy) is 3. The van der Waals surface area contributed by atoms with Gasteiger partial charge in [-0.1, -0.05) is 97.4 Å². The van der Waals surface area contributed by atoms with Crippen molar-refractivity contribution in [1.29, 1.82) is 0 Å². The maximum atomic E-state index is 14.2. The molecule has 0 bridgehead atoms. The summed E-state index contributed by atoms with van der Waals surface area (Å²) in [6, 6.07) is 12.4. The maximum Gasteiger partial charge on any atom is 0.410 e. The van der Waals surface area contributed by atoms with Crippen LogP contribution in [-0.4, -0.2) is 152 Å². The van der Waals surface area contributed by atoms with Gasteiger partial charge in [0.1, 0.15) is 12.6 Å². The van der Waals surface area contributed by atoms with E-state index >= 15 is 0 Å². The zero-order valence-corrected chi connectivity index (χ0v) is 43.2. The predicted molar refractivity (Wildman–Crippen MR) is 266 cm³/mol. The van der Waals surface area contributed by atoms with E-state index in [1.54, 1.807) is 76.0 Å². The Bertz CT molecular complexity index is 2020. The molecule has 2 aromatic rings. The number of carbonyl (C=O) groups is 7. The number of methoxy groups -OCH3 is 2. The summed E-state index contributed by atoms with van der Waals surface area (Å²) in [5.74, 6) is -3.58. The van der Waals surface area contributed by atoms with Gasteiger partial charge in [0.25, 0.3) is 0 Å². The molecule has 2 aromatic carbocycles. The van der Waals surface area contributed by atoms with Gasteiger partial charge in [0.05, 0.1) is 67.9 Å². The van der Waals surface area contributed by atoms with Gasteiger partial charge in [0.2, 0.25) is 35.4 Å². The average molecular weight is 981 g/mol. The van der Waals surface area contributed by atoms with Gasteiger partial charge >= 0.3 is 6.09 Å². The quantitative estimate of drug-likeness (QED) is 0.0792. The van der Waals surface area contributed by atoms with E-state index in [0.717, 1.165) is 0 Å². The standard InChI is InChI=1S/C51H80N8O11/c1-13-32(6)45(39(68-11)26-41(61)59-25-17-20-38(59)47(69-12)33(7)48(64)55-34(8)46(63)36-18-15-14-16-19-36)57(9)42(62)28-54-50(66)44(31(4)5)58(10)51(67)70-29-35-21-23-37(24-22-35)56-40(60)27-53-49(65)43(52)30(2)3/h14-16,18-19,21-24,30-34,38-39,43-47,63H,13,17,20,25-29,52H2,1-12H3,(H,53,65)(H,54,66)(H,55,64)(H,56,60). The molecule has 0 saturated carbocycles. The maximum absolute atomic E-state index is 14.2. The number of hydrogen-bond donors (Lipinski definition) is 6. The van der Waals surface area contributed by atoms with Gasteiger partial charge < -0.3 is 56.1 Å². The molecule has 0 aromatic heterocycles. The highest BCUT2D eigenvalue weighted by atomic mass is 16.6. The second kappa shape index (κ2) is 28.3. The van der Waals surface area contributed by atoms with Crippen LogP contribution in [0.25, 0.3) is 0 Å². The molecule has 7 amide bonds. The lowest BCUT2D eigenvalue weighted by atomic mass is 9.90. The van der Waals surface area contributed by atoms with Crippen LogP contribution in [0.15, 0.2) is 54.6 Å². The van der Waals surface area contributed by atoms with E-state index in [9.17, 15) is 38.7 Å². The highest BCUT2D eigenvalue weighted by Gasteiger charge is 2.42. The molecule has 70 heavy (non-hydrogen) atoms. The fraction of sp³-hybridized carbons (Fsp3) is 0.627. The van der Waals surface area contributed by atoms with Crippen LogP contribution in [0.1, 0.15) is 98.3 Å². The van der Waals surface area contributed by atoms with Crippen LogP contribution in [0.4, 0.5) is 10.5 Å². The summed E-state index contributed by atoms with van der Waals surface area (Å²) in [7, 11) is 6.08. The Morgan fingerprint density at radius 1 is 0.814 bits per heavy atom. The zero-order valence-electron chi connectivity index (χ0n) is 43.2. The largest absolute Gasteiger partial charge is 0.445 e. The summed E-state index contributed by atoms with van der Waals surface area (Å²) in [5, 5.41) is 21.7. The van der Waals surface area contributed by atoms with E-state index in [1.165, 1.54) is 31.1 Å². The number of carbonyl (C=O) groups excluding carboxylic acids is 7. The Hall–Kier alpha value is -5.63. The molecule has 0 radical (unpaired) electrons. The Morgan fingerprint density at radius 2 is 1.44 bits per heavy atom. The number of amides is 7. The summed E-state index contributed by atoms with van der Waals surface area (Å²) in [6.07, 6.45) is -1.10. The lowest BCUT2D eigenvalue weighted by Gasteiger charge is -2.39. The van der Waals surface area contributed by atoms with Crippen LogP contribution in [0.2, 0.25) is 0 Å². The summed E-state index contributed by atoms with van der Waals surface area (Å²) in [6.45, 7) is 14.3. The molecule has 7 N–H and O–H groups in total. The lowest BCUT2D eigenvalue weighted by Crippen LogP contribution is -2.56. The number of likely N-dealkylation sites (N-methyl/N-ethyl adjacent to an activating group) is 2. The Morgan fingerprint density at radius 3 is 2.01 bits per heavy atom. The van der Waals surface area contributed by atoms with Crippen LogP contribution in [0, 0.1) is 23.7 Å². The van der Waals surface area contributed by atoms with Crippen LogP contribution >= 0.6 is 0 Å². The minimum Gasteiger partial charge on any atom is -0.445 e. The zero-order chi connectivity index (χ0) is 52.4. The second-order valence-corrected chi connectivity index (χ2v) is 19.1. The Labute approximate surface area is 414 Å². The van der Waals surface area contributed by atoms with Crippen molar-refractivity contribution in [2.45, 2.75) is 136 Å². The molecule has 0 spiro atoms. The predicted octanol–water partition coefficient (Wildman–Crippen LogP) is 3.59. The number of aliphatic hydroxyl groups is 1. The first-order chi connectivity index (χ1) is 33.1. The molecule has 19 nitrogen and oxygen atoms in total. The monoisotopic (exact) mass is 981 g/mol. The van der Waals surface area contributed by atoms with E-state index < -0.39 is 84.2 Å². The number of anilines is 1. The average Bonchev–Trinajstić information content (AvgIpc) is 3.83. The normalized spacial score (nSPS) is 17.5. The fourth-order valence-electron chi connectivity index (χ4n) is 8.85. The summed E-state index contributed by atoms with van der Waals surface area (Å²) >= 11 is 0. The molecule has 1 saturated heterocycles. The topological polar surface area (TPSA) is 251 Å². The minimum atomic E-state index is -0.990. The molecule has 390 valence electrons. The van der Waals surface area contributed by atoms with Gasteiger partial charge in [-0.25, -0.2) is 4.79 Å². The van der Waals surface area contributed by atoms with Crippen LogP contribution in [0.3, 0.4) is 0 Å². The Balaban J connectivity index is 1.60. The van der Waals surface area contributed by atoms with Crippen molar-refractivity contribution in [1.82, 2.24) is 30.7 Å². The first kappa shape index (κ1) is 58.7. The number of hydrogen-bond acceptors (Lipinski definition) is 12. The van der Waals surface area contributed by atoms with Crippen molar-refractivity contribution in [3.05, 3.63) is 65.7 Å². The molecule has 1 aliphatic rings. The van der Waals surface area contributed by atoms with E-state index in [4.69, 9.17) is 19.9 Å². The molecular formula is C51H80N8O11. The molecule has 19 heteroatoms. The molecule has 1 heterocycles. The minimum absolute atomic E-state index is 0.0537. The van der Waals surface area contributed by atoms with Crippen molar-refractivity contribution in [3.63, 3.8) is 0 Å². The van der Waals surface area contributed by atoms with Crippen LogP contribution in [-0.2, 0) is 49.6 Å². The lowest BCUT2D eigenvalue weighted by molar-refractivity contribution is -0.146. The van der Waals surface area contributed by atoms with Crippen LogP contribution in [0.5, 0.6) is 0 Å². The van der Waals surface area contributed by atoms with Crippen molar-refractivity contribution >= 4 is 47.2 Å². The number of nitrogens with one attached hydrogen (secondary N) is 4. The number of benzene rings is 2. The molecular weight excluding hydrogens is 901 g/mol. The van der Waals surface area contributed by atoms with Gasteiger partial charge in [-0.05, 0) is 60.8 Å². The third-order valence-corrected chi connectivity index (χ3v) is 13.4. The van der Waals surface area contributed by atoms with Gasteiger partial charge in [-0.15, -0.1) is 0 Å². The number of nitrogens with zero attached hydrogens (tertiary/aromatic N) is 3. The smallest absolute Gasteiger partial charge is 0.410 e. The molecule has 1 fully saturated rings. The Kier molecular flexibility index (Phi) is 23.7. The number of aliphatic hydroxyl groups excluding tert-OH is 1. The van der Waals surface area contributed by atoms with Crippen molar-refractivity contribution in [2.24, 2.45) is 29.4 Å². The highest BCUT2D eigenvalue weighted by molar-refractivity contribution is 5.95. The van der Waals surface area contributed by atoms with Crippen LogP contribution < -0.4 is 27.0 Å². The summed E-state index contributed by atoms with van der Waals surface area (Å²) < 4.78 is 17.4. The summed E-state index contributed by atoms with van der Waals surface area (Å²) in [4.78, 5) is 97.4. The highest BCUT2D eigenvalue weighted by Crippen LogP contribution is 2.30. The van der Waals surface area contributed by atoms with Gasteiger partial charge in [0, 0.05) is 40.5 Å². The third kappa shape index (κ3) is 16.5. The van der Waals surface area contributed by atoms with E-state index in [2.05, 4.69) is 21.3 Å². The van der Waals surface area contributed by atoms with E-state index in [1.807, 2.05) is 45.9 Å². The van der Waals surface area contributed by atoms with Crippen molar-refractivity contribution in [3.8, 4) is 0 Å². The third-order valence-electron chi connectivity index (χ3n) is 13.4. The molecule has 3 rings (SSSR count). The fourth-order valence-corrected chi connectivity index (χ4v) is 8.85. The van der Waals surface area contributed by atoms with Crippen molar-refractivity contribution < 1.29 is 52.9 Å². The first-order valence-electron chi connectivity index (χ1n) is 24.3. The summed E-state index contributed by atoms with van der Waals surface area (Å²) in [5.41, 5.74) is 7.58. The van der Waals surface area contributed by atoms with Gasteiger partial charge in [0.15, 0.2) is 0 Å². The van der Waals surface area contributed by atoms with E-state index in [0.29, 0.717) is 42.6 Å². The van der Waals surface area contributed by atoms with Gasteiger partial charge in [-0.2, -0.15) is 0 Å². The molecule has 0 aliphatic carbocycles. The number of nitrogens with two attached hydrogens (primary N) is 1. The second-order valence-electron chi connectivity index (χ2n) is 19.1.